The van der Waals surface area contributed by atoms with E-state index in [-0.39, 0.29) is 6.03 Å². The number of amides is 2. The van der Waals surface area contributed by atoms with Crippen LogP contribution in [0.2, 0.25) is 0 Å². The van der Waals surface area contributed by atoms with Gasteiger partial charge in [-0.1, -0.05) is 30.3 Å². The first-order chi connectivity index (χ1) is 12.0. The predicted octanol–water partition coefficient (Wildman–Crippen LogP) is 2.04. The van der Waals surface area contributed by atoms with Crippen molar-refractivity contribution < 1.29 is 4.79 Å². The van der Waals surface area contributed by atoms with Gasteiger partial charge in [0.2, 0.25) is 0 Å². The summed E-state index contributed by atoms with van der Waals surface area (Å²) >= 11 is 0. The molecule has 2 saturated heterocycles. The monoisotopic (exact) mass is 344 g/mol. The summed E-state index contributed by atoms with van der Waals surface area (Å²) in [6.07, 6.45) is 4.55. The average Bonchev–Trinajstić information content (AvgIpc) is 2.84. The van der Waals surface area contributed by atoms with E-state index in [1.807, 2.05) is 11.0 Å². The molecule has 0 aromatic heterocycles. The Labute approximate surface area is 152 Å². The molecule has 0 saturated carbocycles. The maximum atomic E-state index is 12.7. The van der Waals surface area contributed by atoms with Crippen molar-refractivity contribution in [1.82, 2.24) is 20.0 Å². The number of hydrogen-bond donors (Lipinski definition) is 1. The molecule has 0 radical (unpaired) electrons. The summed E-state index contributed by atoms with van der Waals surface area (Å²) in [6.45, 7) is 2.42. The molecule has 0 spiro atoms. The molecule has 3 rings (SSSR count). The average molecular weight is 345 g/mol. The Bertz CT molecular complexity index is 562. The quantitative estimate of drug-likeness (QED) is 0.888. The molecule has 1 N–H and O–H groups in total. The lowest BCUT2D eigenvalue weighted by atomic mass is 10.1. The van der Waals surface area contributed by atoms with Crippen LogP contribution >= 0.6 is 0 Å². The van der Waals surface area contributed by atoms with Crippen LogP contribution < -0.4 is 5.32 Å². The van der Waals surface area contributed by atoms with Gasteiger partial charge >= 0.3 is 6.03 Å². The molecule has 5 nitrogen and oxygen atoms in total. The van der Waals surface area contributed by atoms with Gasteiger partial charge in [-0.15, -0.1) is 0 Å². The van der Waals surface area contributed by atoms with Crippen molar-refractivity contribution in [2.24, 2.45) is 0 Å². The Balaban J connectivity index is 1.53. The number of benzene rings is 1. The van der Waals surface area contributed by atoms with Crippen molar-refractivity contribution in [3.8, 4) is 0 Å². The number of nitrogens with zero attached hydrogens (tertiary/aromatic N) is 3. The van der Waals surface area contributed by atoms with E-state index in [9.17, 15) is 4.79 Å². The summed E-state index contributed by atoms with van der Waals surface area (Å²) in [5.41, 5.74) is 1.31. The van der Waals surface area contributed by atoms with E-state index in [0.29, 0.717) is 24.7 Å². The van der Waals surface area contributed by atoms with Gasteiger partial charge in [0.25, 0.3) is 0 Å². The van der Waals surface area contributed by atoms with E-state index in [0.717, 1.165) is 25.9 Å². The molecule has 0 unspecified atom stereocenters. The Morgan fingerprint density at radius 2 is 1.92 bits per heavy atom. The van der Waals surface area contributed by atoms with Crippen LogP contribution in [0.25, 0.3) is 0 Å². The smallest absolute Gasteiger partial charge is 0.317 e. The zero-order valence-electron chi connectivity index (χ0n) is 15.8. The number of likely N-dealkylation sites (N-methyl/N-ethyl adjacent to an activating group) is 2. The van der Waals surface area contributed by atoms with Crippen LogP contribution in [-0.2, 0) is 6.42 Å². The summed E-state index contributed by atoms with van der Waals surface area (Å²) in [4.78, 5) is 19.4. The number of carbonyl (C=O) groups excluding carboxylic acids is 1. The lowest BCUT2D eigenvalue weighted by Crippen LogP contribution is -2.48. The standard InChI is InChI=1S/C20H32N4O/c1-22(2)19(13-16-7-5-4-6-8-16)14-21-20(25)24-12-11-17-9-10-18(15-24)23(17)3/h4-8,17-19H,9-15H2,1-3H3,(H,21,25)/t17-,18+,19-/m1/s1. The largest absolute Gasteiger partial charge is 0.336 e. The van der Waals surface area contributed by atoms with E-state index >= 15 is 0 Å². The van der Waals surface area contributed by atoms with Crippen LogP contribution in [0.1, 0.15) is 24.8 Å². The van der Waals surface area contributed by atoms with Crippen molar-refractivity contribution in [1.29, 1.82) is 0 Å². The molecule has 2 heterocycles. The third-order valence-electron chi connectivity index (χ3n) is 5.97. The van der Waals surface area contributed by atoms with Gasteiger partial charge in [-0.25, -0.2) is 4.79 Å². The van der Waals surface area contributed by atoms with Gasteiger partial charge in [0, 0.05) is 37.8 Å². The van der Waals surface area contributed by atoms with Crippen molar-refractivity contribution in [3.05, 3.63) is 35.9 Å². The molecule has 1 aromatic rings. The van der Waals surface area contributed by atoms with Crippen molar-refractivity contribution >= 4 is 6.03 Å². The van der Waals surface area contributed by atoms with Gasteiger partial charge < -0.3 is 15.1 Å². The molecule has 5 heteroatoms. The number of hydrogen-bond acceptors (Lipinski definition) is 3. The Morgan fingerprint density at radius 1 is 1.20 bits per heavy atom. The molecule has 2 fully saturated rings. The van der Waals surface area contributed by atoms with E-state index in [4.69, 9.17) is 0 Å². The van der Waals surface area contributed by atoms with Gasteiger partial charge in [-0.2, -0.15) is 0 Å². The van der Waals surface area contributed by atoms with Crippen LogP contribution in [0.5, 0.6) is 0 Å². The molecule has 1 aromatic carbocycles. The SMILES string of the molecule is CN(C)[C@@H](CNC(=O)N1CC[C@H]2CC[C@@H](C1)N2C)Cc1ccccc1. The first-order valence-corrected chi connectivity index (χ1v) is 9.49. The summed E-state index contributed by atoms with van der Waals surface area (Å²) in [7, 11) is 6.38. The number of fused-ring (bicyclic) bond motifs is 2. The highest BCUT2D eigenvalue weighted by Crippen LogP contribution is 2.28. The van der Waals surface area contributed by atoms with E-state index < -0.39 is 0 Å². The maximum absolute atomic E-state index is 12.7. The van der Waals surface area contributed by atoms with Gasteiger partial charge in [0.1, 0.15) is 0 Å². The van der Waals surface area contributed by atoms with Crippen LogP contribution in [0.4, 0.5) is 4.79 Å². The summed E-state index contributed by atoms with van der Waals surface area (Å²) < 4.78 is 0. The Hall–Kier alpha value is -1.59. The number of rotatable bonds is 5. The van der Waals surface area contributed by atoms with E-state index in [1.54, 1.807) is 0 Å². The summed E-state index contributed by atoms with van der Waals surface area (Å²) in [5, 5.41) is 3.18. The first-order valence-electron chi connectivity index (χ1n) is 9.49. The number of carbonyl (C=O) groups is 1. The van der Waals surface area contributed by atoms with Crippen LogP contribution in [-0.4, -0.2) is 79.6 Å². The molecule has 2 bridgehead atoms. The fourth-order valence-electron chi connectivity index (χ4n) is 4.13. The zero-order valence-corrected chi connectivity index (χ0v) is 15.8. The van der Waals surface area contributed by atoms with Crippen molar-refractivity contribution in [2.75, 3.05) is 40.8 Å². The molecular weight excluding hydrogens is 312 g/mol. The second kappa shape index (κ2) is 8.19. The fraction of sp³-hybridized carbons (Fsp3) is 0.650. The van der Waals surface area contributed by atoms with Gasteiger partial charge in [-0.3, -0.25) is 4.90 Å². The fourth-order valence-corrected chi connectivity index (χ4v) is 4.13. The minimum atomic E-state index is 0.0980. The summed E-state index contributed by atoms with van der Waals surface area (Å²) in [5.74, 6) is 0. The molecular formula is C20H32N4O. The number of likely N-dealkylation sites (tertiary alicyclic amines) is 1. The molecule has 2 amide bonds. The highest BCUT2D eigenvalue weighted by atomic mass is 16.2. The Kier molecular flexibility index (Phi) is 5.97. The molecule has 25 heavy (non-hydrogen) atoms. The predicted molar refractivity (Wildman–Crippen MR) is 102 cm³/mol. The topological polar surface area (TPSA) is 38.8 Å². The van der Waals surface area contributed by atoms with E-state index in [1.165, 1.54) is 18.4 Å². The third kappa shape index (κ3) is 4.53. The van der Waals surface area contributed by atoms with Gasteiger partial charge in [-0.05, 0) is 52.4 Å². The van der Waals surface area contributed by atoms with Crippen molar-refractivity contribution in [3.63, 3.8) is 0 Å². The van der Waals surface area contributed by atoms with Gasteiger partial charge in [0.15, 0.2) is 0 Å². The molecule has 3 atom stereocenters. The van der Waals surface area contributed by atoms with E-state index in [2.05, 4.69) is 60.5 Å². The maximum Gasteiger partial charge on any atom is 0.317 e. The van der Waals surface area contributed by atoms with Crippen LogP contribution in [0, 0.1) is 0 Å². The molecule has 2 aliphatic rings. The highest BCUT2D eigenvalue weighted by Gasteiger charge is 2.36. The lowest BCUT2D eigenvalue weighted by molar-refractivity contribution is 0.183. The number of urea groups is 1. The van der Waals surface area contributed by atoms with Crippen molar-refractivity contribution in [2.45, 2.75) is 43.8 Å². The minimum absolute atomic E-state index is 0.0980. The highest BCUT2D eigenvalue weighted by molar-refractivity contribution is 5.74. The lowest BCUT2D eigenvalue weighted by Gasteiger charge is -2.29. The second-order valence-corrected chi connectivity index (χ2v) is 7.78. The third-order valence-corrected chi connectivity index (χ3v) is 5.97. The minimum Gasteiger partial charge on any atom is -0.336 e. The normalized spacial score (nSPS) is 25.0. The molecule has 2 aliphatic heterocycles. The zero-order chi connectivity index (χ0) is 17.8. The first kappa shape index (κ1) is 18.2. The summed E-state index contributed by atoms with van der Waals surface area (Å²) in [6, 6.07) is 12.1. The second-order valence-electron chi connectivity index (χ2n) is 7.78. The van der Waals surface area contributed by atoms with Crippen LogP contribution in [0.15, 0.2) is 30.3 Å². The molecule has 0 aliphatic carbocycles. The number of nitrogens with one attached hydrogen (secondary N) is 1. The van der Waals surface area contributed by atoms with Crippen LogP contribution in [0.3, 0.4) is 0 Å². The Morgan fingerprint density at radius 3 is 2.64 bits per heavy atom. The molecule has 138 valence electrons. The van der Waals surface area contributed by atoms with Gasteiger partial charge in [0.05, 0.1) is 0 Å².